The van der Waals surface area contributed by atoms with Crippen molar-refractivity contribution in [3.05, 3.63) is 35.9 Å². The monoisotopic (exact) mass is 288 g/mol. The predicted molar refractivity (Wildman–Crippen MR) is 74.5 cm³/mol. The Morgan fingerprint density at radius 2 is 2.14 bits per heavy atom. The Hall–Kier alpha value is -2.57. The Morgan fingerprint density at radius 3 is 2.95 bits per heavy atom. The summed E-state index contributed by atoms with van der Waals surface area (Å²) in [6, 6.07) is 5.21. The summed E-state index contributed by atoms with van der Waals surface area (Å²) in [4.78, 5) is 16.1. The zero-order valence-electron chi connectivity index (χ0n) is 11.5. The molecule has 0 bridgehead atoms. The Bertz CT molecular complexity index is 613. The van der Waals surface area contributed by atoms with Crippen LogP contribution in [0.1, 0.15) is 22.6 Å². The van der Waals surface area contributed by atoms with Gasteiger partial charge in [0.1, 0.15) is 25.4 Å². The van der Waals surface area contributed by atoms with Crippen molar-refractivity contribution in [1.82, 2.24) is 20.5 Å². The maximum atomic E-state index is 12.0. The predicted octanol–water partition coefficient (Wildman–Crippen LogP) is 0.938. The largest absolute Gasteiger partial charge is 0.486 e. The molecule has 0 spiro atoms. The lowest BCUT2D eigenvalue weighted by Gasteiger charge is -2.18. The van der Waals surface area contributed by atoms with Gasteiger partial charge >= 0.3 is 0 Å². The van der Waals surface area contributed by atoms with Gasteiger partial charge in [0.05, 0.1) is 0 Å². The highest BCUT2D eigenvalue weighted by atomic mass is 16.6. The number of rotatable bonds is 5. The molecule has 0 unspecified atom stereocenters. The highest BCUT2D eigenvalue weighted by Crippen LogP contribution is 2.30. The van der Waals surface area contributed by atoms with Gasteiger partial charge in [0.2, 0.25) is 0 Å². The number of aryl methyl sites for hydroxylation is 1. The van der Waals surface area contributed by atoms with Crippen molar-refractivity contribution in [3.63, 3.8) is 0 Å². The molecule has 1 aromatic heterocycles. The molecule has 1 aliphatic rings. The lowest BCUT2D eigenvalue weighted by molar-refractivity contribution is 0.0952. The maximum Gasteiger partial charge on any atom is 0.251 e. The molecule has 0 atom stereocenters. The second-order valence-corrected chi connectivity index (χ2v) is 4.65. The van der Waals surface area contributed by atoms with Crippen molar-refractivity contribution in [2.75, 3.05) is 19.8 Å². The van der Waals surface area contributed by atoms with Crippen LogP contribution in [0.5, 0.6) is 11.5 Å². The molecule has 0 fully saturated rings. The molecule has 2 N–H and O–H groups in total. The SMILES string of the molecule is O=C(NCCCc1ncn[nH]1)c1ccc2c(c1)OCCO2. The van der Waals surface area contributed by atoms with Gasteiger partial charge in [0.15, 0.2) is 11.5 Å². The summed E-state index contributed by atoms with van der Waals surface area (Å²) in [7, 11) is 0. The Balaban J connectivity index is 1.51. The number of fused-ring (bicyclic) bond motifs is 1. The summed E-state index contributed by atoms with van der Waals surface area (Å²) in [5.74, 6) is 2.01. The number of ether oxygens (including phenoxy) is 2. The van der Waals surface area contributed by atoms with Crippen LogP contribution in [0.25, 0.3) is 0 Å². The first-order valence-corrected chi connectivity index (χ1v) is 6.85. The van der Waals surface area contributed by atoms with Crippen molar-refractivity contribution < 1.29 is 14.3 Å². The van der Waals surface area contributed by atoms with Gasteiger partial charge in [0, 0.05) is 18.5 Å². The van der Waals surface area contributed by atoms with E-state index in [9.17, 15) is 4.79 Å². The molecule has 2 heterocycles. The van der Waals surface area contributed by atoms with Crippen LogP contribution in [0.4, 0.5) is 0 Å². The second kappa shape index (κ2) is 6.25. The van der Waals surface area contributed by atoms with Crippen LogP contribution in [-0.4, -0.2) is 40.8 Å². The van der Waals surface area contributed by atoms with Crippen LogP contribution in [0.15, 0.2) is 24.5 Å². The summed E-state index contributed by atoms with van der Waals surface area (Å²) >= 11 is 0. The molecular weight excluding hydrogens is 272 g/mol. The topological polar surface area (TPSA) is 89.1 Å². The number of carbonyl (C=O) groups is 1. The molecule has 1 amide bonds. The number of benzene rings is 1. The van der Waals surface area contributed by atoms with Gasteiger partial charge in [-0.15, -0.1) is 0 Å². The molecule has 0 saturated carbocycles. The summed E-state index contributed by atoms with van der Waals surface area (Å²) in [5.41, 5.74) is 0.568. The lowest BCUT2D eigenvalue weighted by atomic mass is 10.1. The third-order valence-electron chi connectivity index (χ3n) is 3.15. The van der Waals surface area contributed by atoms with Gasteiger partial charge in [-0.25, -0.2) is 4.98 Å². The van der Waals surface area contributed by atoms with Gasteiger partial charge < -0.3 is 14.8 Å². The number of carbonyl (C=O) groups excluding carboxylic acids is 1. The maximum absolute atomic E-state index is 12.0. The van der Waals surface area contributed by atoms with E-state index in [0.717, 1.165) is 18.7 Å². The average molecular weight is 288 g/mol. The fourth-order valence-corrected chi connectivity index (χ4v) is 2.10. The van der Waals surface area contributed by atoms with Crippen molar-refractivity contribution in [1.29, 1.82) is 0 Å². The van der Waals surface area contributed by atoms with E-state index in [0.29, 0.717) is 36.8 Å². The molecule has 2 aromatic rings. The minimum atomic E-state index is -0.121. The van der Waals surface area contributed by atoms with E-state index in [4.69, 9.17) is 9.47 Å². The van der Waals surface area contributed by atoms with E-state index in [1.807, 2.05) is 0 Å². The molecule has 7 heteroatoms. The molecule has 1 aromatic carbocycles. The van der Waals surface area contributed by atoms with Crippen LogP contribution in [0.3, 0.4) is 0 Å². The zero-order valence-corrected chi connectivity index (χ0v) is 11.5. The molecule has 7 nitrogen and oxygen atoms in total. The Kier molecular flexibility index (Phi) is 3.99. The first-order chi connectivity index (χ1) is 10.3. The number of hydrogen-bond donors (Lipinski definition) is 2. The highest BCUT2D eigenvalue weighted by molar-refractivity contribution is 5.94. The standard InChI is InChI=1S/C14H16N4O3/c19-14(15-5-1-2-13-16-9-17-18-13)10-3-4-11-12(8-10)21-7-6-20-11/h3-4,8-9H,1-2,5-7H2,(H,15,19)(H,16,17,18). The third kappa shape index (κ3) is 3.31. The minimum absolute atomic E-state index is 0.121. The number of nitrogens with one attached hydrogen (secondary N) is 2. The molecule has 0 saturated heterocycles. The van der Waals surface area contributed by atoms with Crippen LogP contribution < -0.4 is 14.8 Å². The van der Waals surface area contributed by atoms with Gasteiger partial charge in [-0.05, 0) is 24.6 Å². The normalized spacial score (nSPS) is 13.0. The van der Waals surface area contributed by atoms with Gasteiger partial charge in [-0.1, -0.05) is 0 Å². The van der Waals surface area contributed by atoms with E-state index >= 15 is 0 Å². The van der Waals surface area contributed by atoms with Crippen molar-refractivity contribution in [2.24, 2.45) is 0 Å². The van der Waals surface area contributed by atoms with Gasteiger partial charge in [-0.3, -0.25) is 9.89 Å². The molecule has 0 radical (unpaired) electrons. The van der Waals surface area contributed by atoms with E-state index in [2.05, 4.69) is 20.5 Å². The van der Waals surface area contributed by atoms with E-state index < -0.39 is 0 Å². The zero-order chi connectivity index (χ0) is 14.5. The van der Waals surface area contributed by atoms with E-state index in [1.54, 1.807) is 18.2 Å². The molecule has 0 aliphatic carbocycles. The number of aromatic amines is 1. The number of H-pyrrole nitrogens is 1. The van der Waals surface area contributed by atoms with Crippen LogP contribution in [0, 0.1) is 0 Å². The van der Waals surface area contributed by atoms with Crippen molar-refractivity contribution >= 4 is 5.91 Å². The highest BCUT2D eigenvalue weighted by Gasteiger charge is 2.14. The first-order valence-electron chi connectivity index (χ1n) is 6.85. The number of aromatic nitrogens is 3. The number of nitrogens with zero attached hydrogens (tertiary/aromatic N) is 2. The fourth-order valence-electron chi connectivity index (χ4n) is 2.10. The van der Waals surface area contributed by atoms with Gasteiger partial charge in [-0.2, -0.15) is 5.10 Å². The fraction of sp³-hybridized carbons (Fsp3) is 0.357. The molecule has 110 valence electrons. The molecule has 21 heavy (non-hydrogen) atoms. The van der Waals surface area contributed by atoms with Crippen molar-refractivity contribution in [2.45, 2.75) is 12.8 Å². The molecular formula is C14H16N4O3. The van der Waals surface area contributed by atoms with Gasteiger partial charge in [0.25, 0.3) is 5.91 Å². The minimum Gasteiger partial charge on any atom is -0.486 e. The average Bonchev–Trinajstić information content (AvgIpc) is 3.04. The summed E-state index contributed by atoms with van der Waals surface area (Å²) < 4.78 is 10.9. The second-order valence-electron chi connectivity index (χ2n) is 4.65. The third-order valence-corrected chi connectivity index (χ3v) is 3.15. The summed E-state index contributed by atoms with van der Waals surface area (Å²) in [6.07, 6.45) is 3.02. The quantitative estimate of drug-likeness (QED) is 0.799. The molecule has 1 aliphatic heterocycles. The van der Waals surface area contributed by atoms with Crippen LogP contribution in [0.2, 0.25) is 0 Å². The number of amides is 1. The van der Waals surface area contributed by atoms with E-state index in [-0.39, 0.29) is 5.91 Å². The summed E-state index contributed by atoms with van der Waals surface area (Å²) in [6.45, 7) is 1.63. The first kappa shape index (κ1) is 13.4. The Morgan fingerprint density at radius 1 is 1.29 bits per heavy atom. The molecule has 3 rings (SSSR count). The number of hydrogen-bond acceptors (Lipinski definition) is 5. The van der Waals surface area contributed by atoms with Crippen molar-refractivity contribution in [3.8, 4) is 11.5 Å². The lowest BCUT2D eigenvalue weighted by Crippen LogP contribution is -2.25. The van der Waals surface area contributed by atoms with E-state index in [1.165, 1.54) is 6.33 Å². The van der Waals surface area contributed by atoms with Crippen LogP contribution >= 0.6 is 0 Å². The summed E-state index contributed by atoms with van der Waals surface area (Å²) in [5, 5.41) is 9.43. The smallest absolute Gasteiger partial charge is 0.251 e. The Labute approximate surface area is 121 Å². The van der Waals surface area contributed by atoms with Crippen LogP contribution in [-0.2, 0) is 6.42 Å².